The van der Waals surface area contributed by atoms with Gasteiger partial charge in [-0.2, -0.15) is 0 Å². The molecular formula is C21H25N3O4S. The zero-order valence-electron chi connectivity index (χ0n) is 16.3. The molecule has 0 bridgehead atoms. The maximum atomic E-state index is 12.9. The fourth-order valence-corrected chi connectivity index (χ4v) is 4.53. The number of amides is 2. The zero-order chi connectivity index (χ0) is 20.9. The van der Waals surface area contributed by atoms with Crippen molar-refractivity contribution < 1.29 is 18.0 Å². The molecule has 0 saturated carbocycles. The average molecular weight is 416 g/mol. The van der Waals surface area contributed by atoms with Gasteiger partial charge in [-0.25, -0.2) is 8.42 Å². The van der Waals surface area contributed by atoms with E-state index in [-0.39, 0.29) is 24.6 Å². The van der Waals surface area contributed by atoms with E-state index in [2.05, 4.69) is 10.9 Å². The van der Waals surface area contributed by atoms with Crippen molar-refractivity contribution >= 4 is 21.7 Å². The summed E-state index contributed by atoms with van der Waals surface area (Å²) in [6.45, 7) is 2.56. The predicted molar refractivity (Wildman–Crippen MR) is 111 cm³/mol. The molecule has 0 aromatic heterocycles. The molecular weight excluding hydrogens is 390 g/mol. The van der Waals surface area contributed by atoms with Gasteiger partial charge in [0.1, 0.15) is 6.04 Å². The van der Waals surface area contributed by atoms with E-state index in [9.17, 15) is 18.0 Å². The number of nitrogens with one attached hydrogen (secondary N) is 2. The minimum atomic E-state index is -3.07. The third kappa shape index (κ3) is 5.42. The molecule has 1 unspecified atom stereocenters. The van der Waals surface area contributed by atoms with Crippen molar-refractivity contribution in [2.75, 3.05) is 24.6 Å². The Kier molecular flexibility index (Phi) is 6.66. The fourth-order valence-electron chi connectivity index (χ4n) is 3.30. The van der Waals surface area contributed by atoms with E-state index in [1.54, 1.807) is 12.1 Å². The molecule has 1 aliphatic rings. The molecule has 1 aliphatic heterocycles. The van der Waals surface area contributed by atoms with Crippen LogP contribution in [0.2, 0.25) is 0 Å². The first-order valence-electron chi connectivity index (χ1n) is 9.58. The summed E-state index contributed by atoms with van der Waals surface area (Å²) in [7, 11) is -3.07. The minimum absolute atomic E-state index is 0.0136. The van der Waals surface area contributed by atoms with Crippen LogP contribution in [0.4, 0.5) is 0 Å². The van der Waals surface area contributed by atoms with Crippen LogP contribution in [0.25, 0.3) is 0 Å². The molecule has 154 valence electrons. The van der Waals surface area contributed by atoms with Gasteiger partial charge in [-0.1, -0.05) is 49.4 Å². The first-order chi connectivity index (χ1) is 13.9. The highest BCUT2D eigenvalue weighted by Gasteiger charge is 2.32. The lowest BCUT2D eigenvalue weighted by molar-refractivity contribution is -0.127. The molecule has 7 nitrogen and oxygen atoms in total. The molecule has 0 radical (unpaired) electrons. The van der Waals surface area contributed by atoms with E-state index in [4.69, 9.17) is 0 Å². The molecule has 1 fully saturated rings. The first-order valence-corrected chi connectivity index (χ1v) is 11.4. The third-order valence-corrected chi connectivity index (χ3v) is 6.64. The number of aryl methyl sites for hydroxylation is 1. The molecule has 2 aromatic rings. The highest BCUT2D eigenvalue weighted by molar-refractivity contribution is 7.91. The Balaban J connectivity index is 1.70. The van der Waals surface area contributed by atoms with Gasteiger partial charge in [0, 0.05) is 18.7 Å². The van der Waals surface area contributed by atoms with Crippen molar-refractivity contribution in [2.24, 2.45) is 0 Å². The number of hydrogen-bond acceptors (Lipinski definition) is 5. The van der Waals surface area contributed by atoms with Gasteiger partial charge < -0.3 is 0 Å². The summed E-state index contributed by atoms with van der Waals surface area (Å²) in [4.78, 5) is 27.1. The Labute approximate surface area is 171 Å². The number of hydrogen-bond donors (Lipinski definition) is 2. The molecule has 1 heterocycles. The summed E-state index contributed by atoms with van der Waals surface area (Å²) < 4.78 is 23.5. The van der Waals surface area contributed by atoms with Crippen LogP contribution in [0, 0.1) is 0 Å². The van der Waals surface area contributed by atoms with E-state index >= 15 is 0 Å². The number of nitrogens with zero attached hydrogens (tertiary/aromatic N) is 1. The second-order valence-electron chi connectivity index (χ2n) is 6.99. The summed E-state index contributed by atoms with van der Waals surface area (Å²) in [5, 5.41) is 0. The van der Waals surface area contributed by atoms with Crippen molar-refractivity contribution in [3.05, 3.63) is 71.3 Å². The summed E-state index contributed by atoms with van der Waals surface area (Å²) >= 11 is 0. The smallest absolute Gasteiger partial charge is 0.269 e. The molecule has 2 aromatic carbocycles. The van der Waals surface area contributed by atoms with E-state index in [1.165, 1.54) is 0 Å². The number of rotatable bonds is 5. The molecule has 2 N–H and O–H groups in total. The molecule has 2 amide bonds. The average Bonchev–Trinajstić information content (AvgIpc) is 2.74. The Morgan fingerprint density at radius 1 is 0.966 bits per heavy atom. The normalized spacial score (nSPS) is 17.3. The van der Waals surface area contributed by atoms with E-state index < -0.39 is 27.7 Å². The van der Waals surface area contributed by atoms with E-state index in [0.29, 0.717) is 5.56 Å². The number of sulfone groups is 1. The molecule has 8 heteroatoms. The summed E-state index contributed by atoms with van der Waals surface area (Å²) in [6, 6.07) is 15.6. The van der Waals surface area contributed by atoms with Crippen molar-refractivity contribution in [1.29, 1.82) is 0 Å². The van der Waals surface area contributed by atoms with Gasteiger partial charge in [0.25, 0.3) is 11.8 Å². The molecule has 29 heavy (non-hydrogen) atoms. The van der Waals surface area contributed by atoms with Crippen LogP contribution in [-0.2, 0) is 21.1 Å². The van der Waals surface area contributed by atoms with Gasteiger partial charge in [-0.05, 0) is 29.7 Å². The lowest BCUT2D eigenvalue weighted by atomic mass is 10.0. The predicted octanol–water partition coefficient (Wildman–Crippen LogP) is 1.48. The van der Waals surface area contributed by atoms with Crippen LogP contribution in [-0.4, -0.2) is 49.7 Å². The van der Waals surface area contributed by atoms with Crippen molar-refractivity contribution in [1.82, 2.24) is 15.8 Å². The number of carbonyl (C=O) groups excluding carboxylic acids is 2. The topological polar surface area (TPSA) is 95.6 Å². The van der Waals surface area contributed by atoms with Crippen LogP contribution >= 0.6 is 0 Å². The standard InChI is InChI=1S/C21H25N3O4S/c1-2-16-8-10-18(11-9-16)20(25)22-23-21(26)19(17-6-4-3-5-7-17)24-12-14-29(27,28)15-13-24/h3-11,19H,2,12-15H2,1H3,(H,22,25)(H,23,26). The van der Waals surface area contributed by atoms with Gasteiger partial charge in [-0.15, -0.1) is 0 Å². The summed E-state index contributed by atoms with van der Waals surface area (Å²) in [5.74, 6) is -0.789. The summed E-state index contributed by atoms with van der Waals surface area (Å²) in [5.41, 5.74) is 7.26. The Morgan fingerprint density at radius 3 is 2.17 bits per heavy atom. The van der Waals surface area contributed by atoms with Gasteiger partial charge >= 0.3 is 0 Å². The molecule has 1 atom stereocenters. The largest absolute Gasteiger partial charge is 0.286 e. The number of carbonyl (C=O) groups is 2. The van der Waals surface area contributed by atoms with E-state index in [1.807, 2.05) is 54.3 Å². The van der Waals surface area contributed by atoms with Crippen molar-refractivity contribution in [2.45, 2.75) is 19.4 Å². The second kappa shape index (κ2) is 9.19. The van der Waals surface area contributed by atoms with Gasteiger partial charge in [0.15, 0.2) is 9.84 Å². The van der Waals surface area contributed by atoms with Crippen LogP contribution < -0.4 is 10.9 Å². The van der Waals surface area contributed by atoms with Crippen LogP contribution in [0.5, 0.6) is 0 Å². The Morgan fingerprint density at radius 2 is 1.59 bits per heavy atom. The molecule has 3 rings (SSSR count). The molecule has 0 spiro atoms. The zero-order valence-corrected chi connectivity index (χ0v) is 17.1. The van der Waals surface area contributed by atoms with Crippen LogP contribution in [0.3, 0.4) is 0 Å². The van der Waals surface area contributed by atoms with Crippen molar-refractivity contribution in [3.63, 3.8) is 0 Å². The SMILES string of the molecule is CCc1ccc(C(=O)NNC(=O)C(c2ccccc2)N2CCS(=O)(=O)CC2)cc1. The summed E-state index contributed by atoms with van der Waals surface area (Å²) in [6.07, 6.45) is 0.878. The quantitative estimate of drug-likeness (QED) is 0.722. The minimum Gasteiger partial charge on any atom is -0.286 e. The lowest BCUT2D eigenvalue weighted by Gasteiger charge is -2.33. The Hall–Kier alpha value is -2.71. The first kappa shape index (κ1) is 21.0. The van der Waals surface area contributed by atoms with Gasteiger partial charge in [0.05, 0.1) is 11.5 Å². The highest BCUT2D eigenvalue weighted by atomic mass is 32.2. The van der Waals surface area contributed by atoms with Crippen molar-refractivity contribution in [3.8, 4) is 0 Å². The maximum absolute atomic E-state index is 12.9. The number of benzene rings is 2. The monoisotopic (exact) mass is 415 g/mol. The maximum Gasteiger partial charge on any atom is 0.269 e. The third-order valence-electron chi connectivity index (χ3n) is 5.03. The fraction of sp³-hybridized carbons (Fsp3) is 0.333. The second-order valence-corrected chi connectivity index (χ2v) is 9.30. The molecule has 1 saturated heterocycles. The van der Waals surface area contributed by atoms with Crippen LogP contribution in [0.15, 0.2) is 54.6 Å². The molecule has 0 aliphatic carbocycles. The number of hydrazine groups is 1. The Bertz CT molecular complexity index is 945. The van der Waals surface area contributed by atoms with Crippen LogP contribution in [0.1, 0.15) is 34.5 Å². The van der Waals surface area contributed by atoms with Gasteiger partial charge in [0.2, 0.25) is 0 Å². The van der Waals surface area contributed by atoms with E-state index in [0.717, 1.165) is 17.5 Å². The lowest BCUT2D eigenvalue weighted by Crippen LogP contribution is -2.51. The van der Waals surface area contributed by atoms with Gasteiger partial charge in [-0.3, -0.25) is 25.3 Å². The highest BCUT2D eigenvalue weighted by Crippen LogP contribution is 2.23.